The molecule has 2 saturated heterocycles. The first kappa shape index (κ1) is 35.5. The number of ether oxygens (including phenoxy) is 8. The first-order chi connectivity index (χ1) is 22.2. The maximum Gasteiger partial charge on any atom is 0.338 e. The molecule has 47 heavy (non-hydrogen) atoms. The van der Waals surface area contributed by atoms with E-state index < -0.39 is 104 Å². The number of rotatable bonds is 9. The average molecular weight is 675 g/mol. The van der Waals surface area contributed by atoms with Crippen LogP contribution in [0.1, 0.15) is 30.6 Å². The molecule has 0 aromatic heterocycles. The molecule has 1 aliphatic carbocycles. The molecule has 0 amide bonds. The van der Waals surface area contributed by atoms with Gasteiger partial charge in [0.1, 0.15) is 48.8 Å². The highest BCUT2D eigenvalue weighted by Crippen LogP contribution is 2.48. The summed E-state index contributed by atoms with van der Waals surface area (Å²) in [6.45, 7) is 2.33. The molecule has 4 aliphatic rings. The second-order valence-corrected chi connectivity index (χ2v) is 12.3. The number of esters is 1. The van der Waals surface area contributed by atoms with Crippen LogP contribution >= 0.6 is 0 Å². The quantitative estimate of drug-likeness (QED) is 0.126. The van der Waals surface area contributed by atoms with Crippen LogP contribution in [0, 0.1) is 11.8 Å². The topological polar surface area (TPSA) is 253 Å². The Morgan fingerprint density at radius 1 is 0.894 bits per heavy atom. The van der Waals surface area contributed by atoms with Gasteiger partial charge in [0, 0.05) is 12.3 Å². The van der Waals surface area contributed by atoms with Crippen LogP contribution in [0.25, 0.3) is 0 Å². The summed E-state index contributed by atoms with van der Waals surface area (Å²) < 4.78 is 44.8. The third kappa shape index (κ3) is 6.75. The molecule has 8 N–H and O–H groups in total. The van der Waals surface area contributed by atoms with Gasteiger partial charge in [-0.3, -0.25) is 0 Å². The largest absolute Gasteiger partial charge is 0.493 e. The highest BCUT2D eigenvalue weighted by atomic mass is 16.8. The SMILES string of the molecule is COc1cc(C(=O)O[C@@H]2C[C@](C)(O)[C@H]3[C@H](O[C@@H]4O[C@H](CO)[C@@H](O)[C@H](O)[C@H]4O)OC=C[C@H]32)cc(OC)c1O[C@@H]1O[C@H](C)[C@@H](O)[C@H](O)[C@H]1O. The minimum atomic E-state index is -1.70. The minimum absolute atomic E-state index is 0.00406. The van der Waals surface area contributed by atoms with Gasteiger partial charge in [-0.1, -0.05) is 0 Å². The molecule has 0 spiro atoms. The Morgan fingerprint density at radius 2 is 1.51 bits per heavy atom. The van der Waals surface area contributed by atoms with Gasteiger partial charge in [0.2, 0.25) is 18.3 Å². The fraction of sp³-hybridized carbons (Fsp3) is 0.700. The number of aliphatic hydroxyl groups excluding tert-OH is 7. The number of methoxy groups -OCH3 is 2. The van der Waals surface area contributed by atoms with Crippen molar-refractivity contribution >= 4 is 5.97 Å². The highest BCUT2D eigenvalue weighted by molar-refractivity contribution is 5.91. The van der Waals surface area contributed by atoms with E-state index in [4.69, 9.17) is 37.9 Å². The van der Waals surface area contributed by atoms with Crippen molar-refractivity contribution in [1.29, 1.82) is 0 Å². The molecule has 17 heteroatoms. The van der Waals surface area contributed by atoms with Gasteiger partial charge in [-0.15, -0.1) is 0 Å². The molecule has 5 rings (SSSR count). The Bertz CT molecular complexity index is 1260. The van der Waals surface area contributed by atoms with Crippen molar-refractivity contribution in [3.05, 3.63) is 30.0 Å². The van der Waals surface area contributed by atoms with E-state index in [2.05, 4.69) is 0 Å². The highest BCUT2D eigenvalue weighted by Gasteiger charge is 2.58. The van der Waals surface area contributed by atoms with E-state index in [1.807, 2.05) is 0 Å². The molecule has 264 valence electrons. The van der Waals surface area contributed by atoms with Crippen molar-refractivity contribution in [2.45, 2.75) is 99.7 Å². The Balaban J connectivity index is 1.32. The molecule has 17 nitrogen and oxygen atoms in total. The van der Waals surface area contributed by atoms with Crippen LogP contribution < -0.4 is 14.2 Å². The Kier molecular flexibility index (Phi) is 10.5. The van der Waals surface area contributed by atoms with Crippen LogP contribution in [0.2, 0.25) is 0 Å². The van der Waals surface area contributed by atoms with Gasteiger partial charge in [0.05, 0.1) is 50.3 Å². The van der Waals surface area contributed by atoms with Gasteiger partial charge in [-0.05, 0) is 32.1 Å². The summed E-state index contributed by atoms with van der Waals surface area (Å²) in [4.78, 5) is 13.5. The molecule has 0 unspecified atom stereocenters. The number of carbonyl (C=O) groups is 1. The summed E-state index contributed by atoms with van der Waals surface area (Å²) in [6, 6.07) is 2.61. The van der Waals surface area contributed by atoms with Gasteiger partial charge in [0.25, 0.3) is 0 Å². The lowest BCUT2D eigenvalue weighted by Gasteiger charge is -2.43. The summed E-state index contributed by atoms with van der Waals surface area (Å²) >= 11 is 0. The van der Waals surface area contributed by atoms with Gasteiger partial charge in [0.15, 0.2) is 17.8 Å². The predicted octanol–water partition coefficient (Wildman–Crippen LogP) is -2.49. The molecule has 0 radical (unpaired) electrons. The van der Waals surface area contributed by atoms with Crippen molar-refractivity contribution < 1.29 is 83.5 Å². The molecule has 1 saturated carbocycles. The third-order valence-corrected chi connectivity index (χ3v) is 9.10. The lowest BCUT2D eigenvalue weighted by molar-refractivity contribution is -0.346. The van der Waals surface area contributed by atoms with E-state index in [-0.39, 0.29) is 29.2 Å². The van der Waals surface area contributed by atoms with Gasteiger partial charge in [-0.25, -0.2) is 4.79 Å². The van der Waals surface area contributed by atoms with E-state index in [1.165, 1.54) is 46.5 Å². The Labute approximate surface area is 269 Å². The molecule has 3 fully saturated rings. The number of benzene rings is 1. The lowest BCUT2D eigenvalue weighted by atomic mass is 9.85. The monoisotopic (exact) mass is 674 g/mol. The van der Waals surface area contributed by atoms with Crippen molar-refractivity contribution in [2.24, 2.45) is 11.8 Å². The number of hydrogen-bond acceptors (Lipinski definition) is 17. The average Bonchev–Trinajstić information content (AvgIpc) is 3.32. The zero-order valence-electron chi connectivity index (χ0n) is 26.1. The summed E-state index contributed by atoms with van der Waals surface area (Å²) in [6.07, 6.45) is -13.9. The first-order valence-electron chi connectivity index (χ1n) is 15.1. The van der Waals surface area contributed by atoms with E-state index >= 15 is 0 Å². The summed E-state index contributed by atoms with van der Waals surface area (Å²) in [7, 11) is 2.61. The summed E-state index contributed by atoms with van der Waals surface area (Å²) in [5.74, 6) is -2.38. The molecule has 1 aromatic carbocycles. The zero-order valence-corrected chi connectivity index (χ0v) is 26.1. The number of aliphatic hydroxyl groups is 8. The number of hydrogen-bond donors (Lipinski definition) is 8. The fourth-order valence-corrected chi connectivity index (χ4v) is 6.44. The van der Waals surface area contributed by atoms with Crippen LogP contribution in [-0.2, 0) is 23.7 Å². The van der Waals surface area contributed by atoms with E-state index in [1.54, 1.807) is 6.08 Å². The Hall–Kier alpha value is -2.81. The standard InChI is InChI=1S/C30H42O17/c1-11-19(32)21(34)23(36)28(43-11)46-25-14(40-3)7-12(8-15(25)41-4)26(38)44-16-9-30(2,39)18-13(16)5-6-42-27(18)47-29-24(37)22(35)20(33)17(10-31)45-29/h5-8,11,13,16-24,27-29,31-37,39H,9-10H2,1-4H3/t11-,13+,16-,17-,18-,19-,20-,21+,22+,23-,24-,27+,28+,29+,30+/m1/s1. The molecular weight excluding hydrogens is 632 g/mol. The van der Waals surface area contributed by atoms with Crippen molar-refractivity contribution in [2.75, 3.05) is 20.8 Å². The lowest BCUT2D eigenvalue weighted by Crippen LogP contribution is -2.60. The van der Waals surface area contributed by atoms with Crippen molar-refractivity contribution in [3.8, 4) is 17.2 Å². The molecular formula is C30H42O17. The van der Waals surface area contributed by atoms with E-state index in [9.17, 15) is 45.6 Å². The predicted molar refractivity (Wildman–Crippen MR) is 153 cm³/mol. The van der Waals surface area contributed by atoms with Crippen LogP contribution in [0.3, 0.4) is 0 Å². The molecule has 15 atom stereocenters. The summed E-state index contributed by atoms with van der Waals surface area (Å²) in [5.41, 5.74) is -1.55. The second kappa shape index (κ2) is 14.0. The Morgan fingerprint density at radius 3 is 2.13 bits per heavy atom. The van der Waals surface area contributed by atoms with Crippen LogP contribution in [0.15, 0.2) is 24.5 Å². The van der Waals surface area contributed by atoms with Crippen molar-refractivity contribution in [1.82, 2.24) is 0 Å². The van der Waals surface area contributed by atoms with Crippen LogP contribution in [0.5, 0.6) is 17.2 Å². The summed E-state index contributed by atoms with van der Waals surface area (Å²) in [5, 5.41) is 82.2. The van der Waals surface area contributed by atoms with E-state index in [0.717, 1.165) is 0 Å². The molecule has 3 aliphatic heterocycles. The van der Waals surface area contributed by atoms with Crippen LogP contribution in [0.4, 0.5) is 0 Å². The van der Waals surface area contributed by atoms with E-state index in [0.29, 0.717) is 0 Å². The molecule has 1 aromatic rings. The number of carbonyl (C=O) groups excluding carboxylic acids is 1. The zero-order chi connectivity index (χ0) is 34.4. The van der Waals surface area contributed by atoms with Gasteiger partial charge in [-0.2, -0.15) is 0 Å². The fourth-order valence-electron chi connectivity index (χ4n) is 6.44. The van der Waals surface area contributed by atoms with Gasteiger partial charge >= 0.3 is 5.97 Å². The second-order valence-electron chi connectivity index (χ2n) is 12.3. The van der Waals surface area contributed by atoms with Crippen molar-refractivity contribution in [3.63, 3.8) is 0 Å². The number of fused-ring (bicyclic) bond motifs is 1. The smallest absolute Gasteiger partial charge is 0.338 e. The maximum absolute atomic E-state index is 13.5. The normalized spacial score (nSPS) is 43.1. The minimum Gasteiger partial charge on any atom is -0.493 e. The van der Waals surface area contributed by atoms with Crippen LogP contribution in [-0.4, -0.2) is 147 Å². The third-order valence-electron chi connectivity index (χ3n) is 9.10. The van der Waals surface area contributed by atoms with Gasteiger partial charge < -0.3 is 78.7 Å². The first-order valence-corrected chi connectivity index (χ1v) is 15.1. The molecule has 3 heterocycles. The molecule has 0 bridgehead atoms. The maximum atomic E-state index is 13.5.